The second kappa shape index (κ2) is 8.96. The van der Waals surface area contributed by atoms with Crippen LogP contribution in [-0.4, -0.2) is 24.5 Å². The summed E-state index contributed by atoms with van der Waals surface area (Å²) in [7, 11) is 0. The van der Waals surface area contributed by atoms with E-state index in [-0.39, 0.29) is 0 Å². The molecule has 0 unspecified atom stereocenters. The summed E-state index contributed by atoms with van der Waals surface area (Å²) < 4.78 is 0. The highest BCUT2D eigenvalue weighted by molar-refractivity contribution is 4.72. The summed E-state index contributed by atoms with van der Waals surface area (Å²) in [6, 6.07) is 0. The van der Waals surface area contributed by atoms with Gasteiger partial charge in [-0.2, -0.15) is 0 Å². The Morgan fingerprint density at radius 2 is 1.50 bits per heavy atom. The van der Waals surface area contributed by atoms with E-state index in [4.69, 9.17) is 0 Å². The third-order valence-electron chi connectivity index (χ3n) is 4.37. The molecule has 1 aliphatic heterocycles. The highest BCUT2D eigenvalue weighted by Gasteiger charge is 2.18. The molecule has 1 saturated heterocycles. The van der Waals surface area contributed by atoms with Gasteiger partial charge in [-0.25, -0.2) is 0 Å². The lowest BCUT2D eigenvalue weighted by atomic mass is 9.90. The minimum Gasteiger partial charge on any atom is -0.303 e. The maximum atomic E-state index is 2.69. The van der Waals surface area contributed by atoms with Gasteiger partial charge in [-0.1, -0.05) is 53.4 Å². The molecule has 1 heteroatoms. The summed E-state index contributed by atoms with van der Waals surface area (Å²) in [4.78, 5) is 2.69. The van der Waals surface area contributed by atoms with Crippen molar-refractivity contribution >= 4 is 0 Å². The Morgan fingerprint density at radius 1 is 0.889 bits per heavy atom. The lowest BCUT2D eigenvalue weighted by Gasteiger charge is -2.32. The minimum absolute atomic E-state index is 0.860. The molecule has 1 fully saturated rings. The van der Waals surface area contributed by atoms with Crippen molar-refractivity contribution in [1.82, 2.24) is 4.90 Å². The van der Waals surface area contributed by atoms with Crippen molar-refractivity contribution in [3.05, 3.63) is 0 Å². The van der Waals surface area contributed by atoms with Crippen molar-refractivity contribution in [3.8, 4) is 0 Å². The van der Waals surface area contributed by atoms with E-state index in [0.717, 1.165) is 17.8 Å². The summed E-state index contributed by atoms with van der Waals surface area (Å²) in [6.07, 6.45) is 10.1. The van der Waals surface area contributed by atoms with E-state index >= 15 is 0 Å². The number of hydrogen-bond acceptors (Lipinski definition) is 1. The first-order valence-corrected chi connectivity index (χ1v) is 8.30. The Balaban J connectivity index is 2.01. The molecule has 0 saturated carbocycles. The fraction of sp³-hybridized carbons (Fsp3) is 1.00. The monoisotopic (exact) mass is 253 g/mol. The molecule has 1 heterocycles. The van der Waals surface area contributed by atoms with Crippen LogP contribution in [0.4, 0.5) is 0 Å². The van der Waals surface area contributed by atoms with Crippen LogP contribution in [0.2, 0.25) is 0 Å². The summed E-state index contributed by atoms with van der Waals surface area (Å²) in [5.41, 5.74) is 0. The Labute approximate surface area is 115 Å². The Bertz CT molecular complexity index is 190. The fourth-order valence-corrected chi connectivity index (χ4v) is 2.93. The molecule has 0 spiro atoms. The second-order valence-electron chi connectivity index (χ2n) is 7.15. The van der Waals surface area contributed by atoms with E-state index in [1.807, 2.05) is 0 Å². The first kappa shape index (κ1) is 16.0. The summed E-state index contributed by atoms with van der Waals surface area (Å²) in [6.45, 7) is 13.4. The third-order valence-corrected chi connectivity index (χ3v) is 4.37. The molecule has 0 atom stereocenters. The van der Waals surface area contributed by atoms with Crippen LogP contribution in [0.3, 0.4) is 0 Å². The van der Waals surface area contributed by atoms with Gasteiger partial charge in [-0.3, -0.25) is 0 Å². The molecule has 108 valence electrons. The molecule has 1 rings (SSSR count). The van der Waals surface area contributed by atoms with E-state index in [0.29, 0.717) is 0 Å². The quantitative estimate of drug-likeness (QED) is 0.553. The first-order chi connectivity index (χ1) is 8.58. The van der Waals surface area contributed by atoms with Crippen molar-refractivity contribution in [2.24, 2.45) is 17.8 Å². The molecule has 0 N–H and O–H groups in total. The molecule has 1 nitrogen and oxygen atoms in total. The van der Waals surface area contributed by atoms with Gasteiger partial charge < -0.3 is 4.90 Å². The molecule has 0 aromatic carbocycles. The fourth-order valence-electron chi connectivity index (χ4n) is 2.93. The Hall–Kier alpha value is -0.0400. The minimum atomic E-state index is 0.860. The first-order valence-electron chi connectivity index (χ1n) is 8.30. The average Bonchev–Trinajstić information content (AvgIpc) is 2.33. The van der Waals surface area contributed by atoms with Crippen molar-refractivity contribution in [2.75, 3.05) is 19.6 Å². The van der Waals surface area contributed by atoms with Crippen molar-refractivity contribution in [3.63, 3.8) is 0 Å². The van der Waals surface area contributed by atoms with Gasteiger partial charge in [-0.15, -0.1) is 0 Å². The zero-order valence-corrected chi connectivity index (χ0v) is 13.3. The molecule has 0 aliphatic carbocycles. The molecule has 0 bridgehead atoms. The van der Waals surface area contributed by atoms with Gasteiger partial charge in [0.05, 0.1) is 0 Å². The summed E-state index contributed by atoms with van der Waals surface area (Å²) in [5, 5.41) is 0. The van der Waals surface area contributed by atoms with Gasteiger partial charge in [-0.05, 0) is 56.7 Å². The zero-order chi connectivity index (χ0) is 13.4. The average molecular weight is 253 g/mol. The van der Waals surface area contributed by atoms with E-state index in [1.165, 1.54) is 64.6 Å². The van der Waals surface area contributed by atoms with Crippen molar-refractivity contribution in [1.29, 1.82) is 0 Å². The predicted molar refractivity (Wildman–Crippen MR) is 81.9 cm³/mol. The molecular formula is C17H35N. The van der Waals surface area contributed by atoms with E-state index in [9.17, 15) is 0 Å². The third kappa shape index (κ3) is 7.41. The van der Waals surface area contributed by atoms with Gasteiger partial charge in [0.2, 0.25) is 0 Å². The molecule has 18 heavy (non-hydrogen) atoms. The zero-order valence-electron chi connectivity index (χ0n) is 13.3. The topological polar surface area (TPSA) is 3.24 Å². The van der Waals surface area contributed by atoms with Crippen LogP contribution in [0, 0.1) is 17.8 Å². The van der Waals surface area contributed by atoms with Crippen LogP contribution < -0.4 is 0 Å². The largest absolute Gasteiger partial charge is 0.303 e. The molecule has 0 aromatic rings. The molecular weight excluding hydrogens is 218 g/mol. The number of unbranched alkanes of at least 4 members (excludes halogenated alkanes) is 1. The highest BCUT2D eigenvalue weighted by Crippen LogP contribution is 2.23. The van der Waals surface area contributed by atoms with E-state index in [1.54, 1.807) is 0 Å². The number of nitrogens with zero attached hydrogens (tertiary/aromatic N) is 1. The van der Waals surface area contributed by atoms with Crippen molar-refractivity contribution < 1.29 is 0 Å². The van der Waals surface area contributed by atoms with Crippen LogP contribution in [-0.2, 0) is 0 Å². The summed E-state index contributed by atoms with van der Waals surface area (Å²) in [5.74, 6) is 2.79. The van der Waals surface area contributed by atoms with Gasteiger partial charge >= 0.3 is 0 Å². The maximum Gasteiger partial charge on any atom is -0.00161 e. The number of hydrogen-bond donors (Lipinski definition) is 0. The molecule has 1 aliphatic rings. The normalized spacial score (nSPS) is 19.0. The smallest absolute Gasteiger partial charge is 0.00161 e. The van der Waals surface area contributed by atoms with Crippen LogP contribution in [0.1, 0.15) is 72.6 Å². The number of piperidine rings is 1. The highest BCUT2D eigenvalue weighted by atomic mass is 15.1. The van der Waals surface area contributed by atoms with Crippen LogP contribution in [0.25, 0.3) is 0 Å². The lowest BCUT2D eigenvalue weighted by Crippen LogP contribution is -2.34. The number of likely N-dealkylation sites (tertiary alicyclic amines) is 1. The van der Waals surface area contributed by atoms with Crippen LogP contribution >= 0.6 is 0 Å². The van der Waals surface area contributed by atoms with Crippen LogP contribution in [0.15, 0.2) is 0 Å². The van der Waals surface area contributed by atoms with Crippen molar-refractivity contribution in [2.45, 2.75) is 72.6 Å². The second-order valence-corrected chi connectivity index (χ2v) is 7.15. The SMILES string of the molecule is CC(C)CCCCC1CCN(CCC(C)C)CC1. The molecule has 0 radical (unpaired) electrons. The summed E-state index contributed by atoms with van der Waals surface area (Å²) >= 11 is 0. The van der Waals surface area contributed by atoms with Gasteiger partial charge in [0.15, 0.2) is 0 Å². The Kier molecular flexibility index (Phi) is 7.97. The van der Waals surface area contributed by atoms with E-state index in [2.05, 4.69) is 32.6 Å². The lowest BCUT2D eigenvalue weighted by molar-refractivity contribution is 0.170. The number of rotatable bonds is 8. The van der Waals surface area contributed by atoms with Gasteiger partial charge in [0.1, 0.15) is 0 Å². The molecule has 0 amide bonds. The van der Waals surface area contributed by atoms with Crippen LogP contribution in [0.5, 0.6) is 0 Å². The van der Waals surface area contributed by atoms with E-state index < -0.39 is 0 Å². The Morgan fingerprint density at radius 3 is 2.06 bits per heavy atom. The van der Waals surface area contributed by atoms with Gasteiger partial charge in [0, 0.05) is 0 Å². The molecule has 0 aromatic heterocycles. The predicted octanol–water partition coefficient (Wildman–Crippen LogP) is 4.96. The maximum absolute atomic E-state index is 2.69. The standard InChI is InChI=1S/C17H35N/c1-15(2)7-5-6-8-17-10-13-18(14-11-17)12-9-16(3)4/h15-17H,5-14H2,1-4H3. The van der Waals surface area contributed by atoms with Gasteiger partial charge in [0.25, 0.3) is 0 Å².